The molecule has 1 aromatic carbocycles. The lowest BCUT2D eigenvalue weighted by atomic mass is 9.97. The molecule has 144 valence electrons. The number of carbonyl (C=O) groups excluding carboxylic acids is 1. The molecule has 1 aliphatic heterocycles. The van der Waals surface area contributed by atoms with E-state index in [1.165, 1.54) is 5.56 Å². The predicted molar refractivity (Wildman–Crippen MR) is 105 cm³/mol. The summed E-state index contributed by atoms with van der Waals surface area (Å²) in [6, 6.07) is 13.9. The minimum atomic E-state index is 0.234. The molecule has 3 heterocycles. The number of hydrogen-bond donors (Lipinski definition) is 0. The first kappa shape index (κ1) is 18.3. The van der Waals surface area contributed by atoms with Crippen molar-refractivity contribution >= 4 is 5.91 Å². The molecule has 3 aromatic rings. The fourth-order valence-corrected chi connectivity index (χ4v) is 3.66. The highest BCUT2D eigenvalue weighted by molar-refractivity contribution is 5.76. The summed E-state index contributed by atoms with van der Waals surface area (Å²) in [5.74, 6) is 1.19. The van der Waals surface area contributed by atoms with Gasteiger partial charge in [0.25, 0.3) is 0 Å². The van der Waals surface area contributed by atoms with Crippen molar-refractivity contribution in [3.05, 3.63) is 60.4 Å². The third kappa shape index (κ3) is 4.60. The van der Waals surface area contributed by atoms with E-state index in [1.54, 1.807) is 17.2 Å². The van der Waals surface area contributed by atoms with Crippen molar-refractivity contribution in [2.45, 2.75) is 32.2 Å². The van der Waals surface area contributed by atoms with Crippen molar-refractivity contribution < 1.29 is 4.79 Å². The molecule has 7 nitrogen and oxygen atoms in total. The number of rotatable bonds is 6. The second-order valence-corrected chi connectivity index (χ2v) is 7.24. The van der Waals surface area contributed by atoms with Gasteiger partial charge < -0.3 is 4.90 Å². The summed E-state index contributed by atoms with van der Waals surface area (Å²) < 4.78 is 0. The van der Waals surface area contributed by atoms with Gasteiger partial charge in [-0.2, -0.15) is 4.80 Å². The molecule has 0 unspecified atom stereocenters. The fraction of sp³-hybridized carbons (Fsp3) is 0.381. The lowest BCUT2D eigenvalue weighted by molar-refractivity contribution is -0.133. The van der Waals surface area contributed by atoms with Crippen LogP contribution in [-0.4, -0.2) is 49.1 Å². The summed E-state index contributed by atoms with van der Waals surface area (Å²) in [7, 11) is 0. The number of pyridine rings is 1. The maximum atomic E-state index is 12.6. The molecular formula is C21H24N6O. The first-order valence-corrected chi connectivity index (χ1v) is 9.78. The predicted octanol–water partition coefficient (Wildman–Crippen LogP) is 2.61. The first-order valence-electron chi connectivity index (χ1n) is 9.78. The Morgan fingerprint density at radius 2 is 1.93 bits per heavy atom. The zero-order chi connectivity index (χ0) is 19.2. The van der Waals surface area contributed by atoms with Crippen LogP contribution in [-0.2, 0) is 17.8 Å². The molecule has 1 fully saturated rings. The van der Waals surface area contributed by atoms with Crippen molar-refractivity contribution in [2.24, 2.45) is 5.92 Å². The monoisotopic (exact) mass is 376 g/mol. The summed E-state index contributed by atoms with van der Waals surface area (Å²) >= 11 is 0. The van der Waals surface area contributed by atoms with E-state index in [9.17, 15) is 4.79 Å². The molecule has 0 aliphatic carbocycles. The molecule has 0 radical (unpaired) electrons. The van der Waals surface area contributed by atoms with Crippen molar-refractivity contribution in [1.29, 1.82) is 0 Å². The van der Waals surface area contributed by atoms with Crippen LogP contribution in [0.2, 0.25) is 0 Å². The molecular weight excluding hydrogens is 352 g/mol. The number of aromatic nitrogens is 5. The minimum Gasteiger partial charge on any atom is -0.342 e. The maximum Gasteiger partial charge on any atom is 0.222 e. The SMILES string of the molecule is O=C(CCc1ccccc1)N1CCC[C@@H](Cn2nnc(-c3ccncc3)n2)C1. The summed E-state index contributed by atoms with van der Waals surface area (Å²) in [6.45, 7) is 2.29. The number of tetrazole rings is 1. The van der Waals surface area contributed by atoms with Gasteiger partial charge >= 0.3 is 0 Å². The lowest BCUT2D eigenvalue weighted by Crippen LogP contribution is -2.41. The smallest absolute Gasteiger partial charge is 0.222 e. The third-order valence-corrected chi connectivity index (χ3v) is 5.15. The zero-order valence-electron chi connectivity index (χ0n) is 15.8. The molecule has 1 atom stereocenters. The highest BCUT2D eigenvalue weighted by Gasteiger charge is 2.24. The lowest BCUT2D eigenvalue weighted by Gasteiger charge is -2.32. The van der Waals surface area contributed by atoms with Crippen LogP contribution in [0.25, 0.3) is 11.4 Å². The molecule has 7 heteroatoms. The highest BCUT2D eigenvalue weighted by Crippen LogP contribution is 2.20. The van der Waals surface area contributed by atoms with Gasteiger partial charge in [0.15, 0.2) is 0 Å². The van der Waals surface area contributed by atoms with Crippen LogP contribution in [0.1, 0.15) is 24.8 Å². The number of piperidine rings is 1. The Morgan fingerprint density at radius 3 is 2.75 bits per heavy atom. The largest absolute Gasteiger partial charge is 0.342 e. The van der Waals surface area contributed by atoms with Crippen LogP contribution < -0.4 is 0 Å². The number of benzene rings is 1. The van der Waals surface area contributed by atoms with Crippen molar-refractivity contribution in [2.75, 3.05) is 13.1 Å². The normalized spacial score (nSPS) is 16.9. The van der Waals surface area contributed by atoms with Crippen LogP contribution in [0.15, 0.2) is 54.9 Å². The van der Waals surface area contributed by atoms with Gasteiger partial charge in [-0.15, -0.1) is 10.2 Å². The average Bonchev–Trinajstić information content (AvgIpc) is 3.22. The molecule has 0 bridgehead atoms. The van der Waals surface area contributed by atoms with E-state index in [0.717, 1.165) is 37.9 Å². The van der Waals surface area contributed by atoms with Gasteiger partial charge in [0.1, 0.15) is 0 Å². The molecule has 0 spiro atoms. The van der Waals surface area contributed by atoms with E-state index in [0.29, 0.717) is 24.7 Å². The number of hydrogen-bond acceptors (Lipinski definition) is 5. The summed E-state index contributed by atoms with van der Waals surface area (Å²) in [4.78, 5) is 20.3. The van der Waals surface area contributed by atoms with Gasteiger partial charge in [-0.25, -0.2) is 0 Å². The second-order valence-electron chi connectivity index (χ2n) is 7.24. The Balaban J connectivity index is 1.31. The van der Waals surface area contributed by atoms with Crippen LogP contribution in [0.3, 0.4) is 0 Å². The summed E-state index contributed by atoms with van der Waals surface area (Å²) in [5, 5.41) is 12.8. The number of likely N-dealkylation sites (tertiary alicyclic amines) is 1. The molecule has 1 amide bonds. The molecule has 28 heavy (non-hydrogen) atoms. The number of carbonyl (C=O) groups is 1. The zero-order valence-corrected chi connectivity index (χ0v) is 15.8. The van der Waals surface area contributed by atoms with Crippen LogP contribution in [0.5, 0.6) is 0 Å². The first-order chi connectivity index (χ1) is 13.8. The van der Waals surface area contributed by atoms with Gasteiger partial charge in [-0.05, 0) is 48.1 Å². The Hall–Kier alpha value is -3.09. The highest BCUT2D eigenvalue weighted by atomic mass is 16.2. The van der Waals surface area contributed by atoms with Crippen molar-refractivity contribution in [1.82, 2.24) is 30.1 Å². The quantitative estimate of drug-likeness (QED) is 0.661. The Bertz CT molecular complexity index is 896. The molecule has 0 N–H and O–H groups in total. The average molecular weight is 376 g/mol. The number of aryl methyl sites for hydroxylation is 1. The Morgan fingerprint density at radius 1 is 1.11 bits per heavy atom. The number of amides is 1. The van der Waals surface area contributed by atoms with Gasteiger partial charge in [0.2, 0.25) is 11.7 Å². The summed E-state index contributed by atoms with van der Waals surface area (Å²) in [5.41, 5.74) is 2.11. The topological polar surface area (TPSA) is 76.8 Å². The van der Waals surface area contributed by atoms with E-state index >= 15 is 0 Å². The van der Waals surface area contributed by atoms with Crippen molar-refractivity contribution in [3.63, 3.8) is 0 Å². The molecule has 1 saturated heterocycles. The van der Waals surface area contributed by atoms with E-state index < -0.39 is 0 Å². The van der Waals surface area contributed by atoms with Gasteiger partial charge in [-0.3, -0.25) is 9.78 Å². The molecule has 1 aliphatic rings. The maximum absolute atomic E-state index is 12.6. The van der Waals surface area contributed by atoms with Crippen molar-refractivity contribution in [3.8, 4) is 11.4 Å². The van der Waals surface area contributed by atoms with Crippen LogP contribution in [0.4, 0.5) is 0 Å². The van der Waals surface area contributed by atoms with E-state index in [-0.39, 0.29) is 5.91 Å². The standard InChI is InChI=1S/C21H24N6O/c28-20(9-8-17-5-2-1-3-6-17)26-14-4-7-18(15-26)16-27-24-21(23-25-27)19-10-12-22-13-11-19/h1-3,5-6,10-13,18H,4,7-9,14-16H2/t18-/m1/s1. The van der Waals surface area contributed by atoms with Gasteiger partial charge in [-0.1, -0.05) is 30.3 Å². The van der Waals surface area contributed by atoms with E-state index in [2.05, 4.69) is 32.5 Å². The molecule has 2 aromatic heterocycles. The Kier molecular flexibility index (Phi) is 5.70. The Labute approximate surface area is 164 Å². The van der Waals surface area contributed by atoms with E-state index in [4.69, 9.17) is 0 Å². The summed E-state index contributed by atoms with van der Waals surface area (Å²) in [6.07, 6.45) is 6.89. The van der Waals surface area contributed by atoms with Gasteiger partial charge in [0, 0.05) is 37.5 Å². The van der Waals surface area contributed by atoms with Crippen LogP contribution in [0, 0.1) is 5.92 Å². The molecule has 4 rings (SSSR count). The van der Waals surface area contributed by atoms with Gasteiger partial charge in [0.05, 0.1) is 6.54 Å². The fourth-order valence-electron chi connectivity index (χ4n) is 3.66. The molecule has 0 saturated carbocycles. The van der Waals surface area contributed by atoms with Crippen LogP contribution >= 0.6 is 0 Å². The van der Waals surface area contributed by atoms with E-state index in [1.807, 2.05) is 35.2 Å². The number of nitrogens with zero attached hydrogens (tertiary/aromatic N) is 6. The second kappa shape index (κ2) is 8.73. The minimum absolute atomic E-state index is 0.234. The third-order valence-electron chi connectivity index (χ3n) is 5.15.